The first-order valence-electron chi connectivity index (χ1n) is 9.86. The average molecular weight is 392 g/mol. The third kappa shape index (κ3) is 4.04. The van der Waals surface area contributed by atoms with Crippen LogP contribution in [0.4, 0.5) is 5.69 Å². The molecule has 1 atom stereocenters. The molecular weight excluding hydrogens is 366 g/mol. The van der Waals surface area contributed by atoms with E-state index in [0.29, 0.717) is 11.8 Å². The van der Waals surface area contributed by atoms with E-state index in [0.717, 1.165) is 45.8 Å². The van der Waals surface area contributed by atoms with Gasteiger partial charge in [0.1, 0.15) is 10.9 Å². The number of carbonyl (C=O) groups is 1. The lowest BCUT2D eigenvalue weighted by atomic mass is 10.0. The smallest absolute Gasteiger partial charge is 0.237 e. The molecule has 1 N–H and O–H groups in total. The van der Waals surface area contributed by atoms with Crippen molar-refractivity contribution in [3.8, 4) is 0 Å². The van der Waals surface area contributed by atoms with Crippen molar-refractivity contribution >= 4 is 34.3 Å². The quantitative estimate of drug-likeness (QED) is 0.429. The molecule has 4 rings (SSSR count). The number of hydrogen-bond acceptors (Lipinski definition) is 4. The lowest BCUT2D eigenvalue weighted by Gasteiger charge is -2.17. The highest BCUT2D eigenvalue weighted by Crippen LogP contribution is 2.40. The van der Waals surface area contributed by atoms with Gasteiger partial charge in [-0.2, -0.15) is 0 Å². The first kappa shape index (κ1) is 18.9. The zero-order valence-corrected chi connectivity index (χ0v) is 17.3. The Balaban J connectivity index is 1.57. The van der Waals surface area contributed by atoms with E-state index in [9.17, 15) is 4.79 Å². The Morgan fingerprint density at radius 2 is 1.75 bits per heavy atom. The number of nitrogens with zero attached hydrogens (tertiary/aromatic N) is 2. The zero-order valence-electron chi connectivity index (χ0n) is 16.5. The molecule has 144 valence electrons. The summed E-state index contributed by atoms with van der Waals surface area (Å²) in [5.41, 5.74) is 3.00. The van der Waals surface area contributed by atoms with Crippen LogP contribution in [0.1, 0.15) is 56.8 Å². The number of amides is 1. The average Bonchev–Trinajstić information content (AvgIpc) is 3.53. The first-order valence-corrected chi connectivity index (χ1v) is 10.7. The molecule has 1 saturated carbocycles. The van der Waals surface area contributed by atoms with Gasteiger partial charge >= 0.3 is 0 Å². The van der Waals surface area contributed by atoms with Gasteiger partial charge in [0.15, 0.2) is 0 Å². The minimum Gasteiger partial charge on any atom is -0.325 e. The summed E-state index contributed by atoms with van der Waals surface area (Å²) >= 11 is 1.51. The minimum atomic E-state index is -0.259. The molecule has 1 aliphatic carbocycles. The Morgan fingerprint density at radius 3 is 2.50 bits per heavy atom. The van der Waals surface area contributed by atoms with Crippen molar-refractivity contribution in [1.29, 1.82) is 0 Å². The van der Waals surface area contributed by atoms with Crippen molar-refractivity contribution in [2.75, 3.05) is 5.32 Å². The van der Waals surface area contributed by atoms with E-state index in [4.69, 9.17) is 9.97 Å². The molecule has 4 nitrogen and oxygen atoms in total. The topological polar surface area (TPSA) is 54.9 Å². The van der Waals surface area contributed by atoms with Crippen LogP contribution in [0.2, 0.25) is 0 Å². The van der Waals surface area contributed by atoms with Gasteiger partial charge in [-0.15, -0.1) is 0 Å². The van der Waals surface area contributed by atoms with Crippen molar-refractivity contribution in [2.24, 2.45) is 0 Å². The molecule has 1 unspecified atom stereocenters. The SMILES string of the molecule is CC(Sc1nc(C2CC2)nc2ccccc12)C(=O)Nc1ccccc1C(C)C. The number of hydrogen-bond donors (Lipinski definition) is 1. The van der Waals surface area contributed by atoms with Crippen molar-refractivity contribution in [3.05, 3.63) is 59.9 Å². The number of fused-ring (bicyclic) bond motifs is 1. The van der Waals surface area contributed by atoms with E-state index >= 15 is 0 Å². The molecule has 1 aromatic heterocycles. The summed E-state index contributed by atoms with van der Waals surface area (Å²) in [6, 6.07) is 16.1. The molecule has 5 heteroatoms. The molecule has 0 radical (unpaired) electrons. The van der Waals surface area contributed by atoms with Gasteiger partial charge in [0.2, 0.25) is 5.91 Å². The van der Waals surface area contributed by atoms with Crippen molar-refractivity contribution < 1.29 is 4.79 Å². The van der Waals surface area contributed by atoms with E-state index in [1.54, 1.807) is 0 Å². The highest BCUT2D eigenvalue weighted by Gasteiger charge is 2.28. The van der Waals surface area contributed by atoms with Crippen molar-refractivity contribution in [1.82, 2.24) is 9.97 Å². The fraction of sp³-hybridized carbons (Fsp3) is 0.348. The van der Waals surface area contributed by atoms with Gasteiger partial charge in [0.25, 0.3) is 0 Å². The minimum absolute atomic E-state index is 0.00577. The maximum Gasteiger partial charge on any atom is 0.237 e. The fourth-order valence-electron chi connectivity index (χ4n) is 3.25. The summed E-state index contributed by atoms with van der Waals surface area (Å²) in [7, 11) is 0. The highest BCUT2D eigenvalue weighted by atomic mass is 32.2. The predicted molar refractivity (Wildman–Crippen MR) is 116 cm³/mol. The third-order valence-electron chi connectivity index (χ3n) is 5.03. The standard InChI is InChI=1S/C23H25N3OS/c1-14(2)17-8-4-6-10-19(17)25-22(27)15(3)28-23-18-9-5-7-11-20(18)24-21(26-23)16-12-13-16/h4-11,14-16H,12-13H2,1-3H3,(H,25,27). The molecule has 1 amide bonds. The second-order valence-corrected chi connectivity index (χ2v) is 9.00. The second kappa shape index (κ2) is 7.92. The van der Waals surface area contributed by atoms with Crippen LogP contribution in [-0.2, 0) is 4.79 Å². The number of para-hydroxylation sites is 2. The molecule has 3 aromatic rings. The van der Waals surface area contributed by atoms with Crippen LogP contribution in [0.3, 0.4) is 0 Å². The normalized spacial score (nSPS) is 15.0. The van der Waals surface area contributed by atoms with Crippen LogP contribution in [0.15, 0.2) is 53.6 Å². The third-order valence-corrected chi connectivity index (χ3v) is 6.13. The summed E-state index contributed by atoms with van der Waals surface area (Å²) in [4.78, 5) is 22.4. The summed E-state index contributed by atoms with van der Waals surface area (Å²) in [5, 5.41) is 4.76. The predicted octanol–water partition coefficient (Wildman–Crippen LogP) is 5.75. The summed E-state index contributed by atoms with van der Waals surface area (Å²) in [6.07, 6.45) is 2.31. The number of aromatic nitrogens is 2. The number of nitrogens with one attached hydrogen (secondary N) is 1. The summed E-state index contributed by atoms with van der Waals surface area (Å²) in [5.74, 6) is 1.74. The largest absolute Gasteiger partial charge is 0.325 e. The number of benzene rings is 2. The van der Waals surface area contributed by atoms with Crippen LogP contribution in [0.25, 0.3) is 10.9 Å². The molecule has 2 aromatic carbocycles. The molecule has 1 heterocycles. The fourth-order valence-corrected chi connectivity index (χ4v) is 4.19. The molecule has 0 saturated heterocycles. The molecule has 1 aliphatic rings. The van der Waals surface area contributed by atoms with Gasteiger partial charge in [-0.1, -0.05) is 62.0 Å². The molecule has 28 heavy (non-hydrogen) atoms. The van der Waals surface area contributed by atoms with E-state index < -0.39 is 0 Å². The van der Waals surface area contributed by atoms with Crippen molar-refractivity contribution in [2.45, 2.75) is 55.7 Å². The van der Waals surface area contributed by atoms with Gasteiger partial charge in [0.05, 0.1) is 10.8 Å². The Kier molecular flexibility index (Phi) is 5.36. The number of carbonyl (C=O) groups excluding carboxylic acids is 1. The van der Waals surface area contributed by atoms with E-state index in [-0.39, 0.29) is 11.2 Å². The first-order chi connectivity index (χ1) is 13.5. The van der Waals surface area contributed by atoms with E-state index in [1.165, 1.54) is 11.8 Å². The summed E-state index contributed by atoms with van der Waals surface area (Å²) < 4.78 is 0. The zero-order chi connectivity index (χ0) is 19.7. The Bertz CT molecular complexity index is 1010. The Morgan fingerprint density at radius 1 is 1.04 bits per heavy atom. The van der Waals surface area contributed by atoms with Crippen LogP contribution in [0.5, 0.6) is 0 Å². The van der Waals surface area contributed by atoms with Gasteiger partial charge < -0.3 is 5.32 Å². The number of anilines is 1. The highest BCUT2D eigenvalue weighted by molar-refractivity contribution is 8.00. The molecule has 0 aliphatic heterocycles. The molecule has 0 spiro atoms. The second-order valence-electron chi connectivity index (χ2n) is 7.67. The van der Waals surface area contributed by atoms with Gasteiger partial charge in [-0.25, -0.2) is 9.97 Å². The van der Waals surface area contributed by atoms with E-state index in [2.05, 4.69) is 25.2 Å². The van der Waals surface area contributed by atoms with Gasteiger partial charge in [0, 0.05) is 17.0 Å². The molecular formula is C23H25N3OS. The van der Waals surface area contributed by atoms with Gasteiger partial charge in [-0.3, -0.25) is 4.79 Å². The van der Waals surface area contributed by atoms with Crippen LogP contribution in [0, 0.1) is 0 Å². The lowest BCUT2D eigenvalue weighted by molar-refractivity contribution is -0.115. The molecule has 1 fully saturated rings. The lowest BCUT2D eigenvalue weighted by Crippen LogP contribution is -2.23. The van der Waals surface area contributed by atoms with Crippen LogP contribution in [-0.4, -0.2) is 21.1 Å². The van der Waals surface area contributed by atoms with E-state index in [1.807, 2.05) is 49.4 Å². The maximum absolute atomic E-state index is 12.9. The summed E-state index contributed by atoms with van der Waals surface area (Å²) in [6.45, 7) is 6.21. The maximum atomic E-state index is 12.9. The Hall–Kier alpha value is -2.40. The van der Waals surface area contributed by atoms with Crippen LogP contribution < -0.4 is 5.32 Å². The number of thioether (sulfide) groups is 1. The number of rotatable bonds is 6. The van der Waals surface area contributed by atoms with Gasteiger partial charge in [-0.05, 0) is 43.4 Å². The van der Waals surface area contributed by atoms with Crippen molar-refractivity contribution in [3.63, 3.8) is 0 Å². The van der Waals surface area contributed by atoms with Crippen LogP contribution >= 0.6 is 11.8 Å². The monoisotopic (exact) mass is 391 g/mol. The Labute approximate surface area is 170 Å². The molecule has 0 bridgehead atoms.